The molecule has 0 saturated carbocycles. The molecular weight excluding hydrogens is 371 g/mol. The van der Waals surface area contributed by atoms with E-state index in [1.54, 1.807) is 6.07 Å². The molecule has 0 atom stereocenters. The van der Waals surface area contributed by atoms with Crippen molar-refractivity contribution in [1.29, 1.82) is 0 Å². The standard InChI is InChI=1S/C14H18IO3Si/c1-14(2,3)18-12-10(6-4-7-11(12)15)13(16)17-8-5-9-19/h4,6-7H,5,8-9H2,1-3H3. The molecule has 0 aliphatic carbocycles. The van der Waals surface area contributed by atoms with E-state index in [4.69, 9.17) is 9.47 Å². The first-order valence-corrected chi connectivity index (χ1v) is 7.93. The maximum absolute atomic E-state index is 12.1. The van der Waals surface area contributed by atoms with Crippen LogP contribution in [0.2, 0.25) is 6.04 Å². The van der Waals surface area contributed by atoms with Gasteiger partial charge in [-0.25, -0.2) is 4.79 Å². The number of para-hydroxylation sites is 1. The van der Waals surface area contributed by atoms with Gasteiger partial charge in [0.15, 0.2) is 0 Å². The molecule has 3 radical (unpaired) electrons. The van der Waals surface area contributed by atoms with Gasteiger partial charge in [-0.2, -0.15) is 0 Å². The van der Waals surface area contributed by atoms with Crippen molar-refractivity contribution in [2.75, 3.05) is 6.61 Å². The minimum absolute atomic E-state index is 0.335. The summed E-state index contributed by atoms with van der Waals surface area (Å²) in [4.78, 5) is 12.1. The van der Waals surface area contributed by atoms with E-state index in [-0.39, 0.29) is 11.6 Å². The van der Waals surface area contributed by atoms with Crippen LogP contribution in [0.5, 0.6) is 5.75 Å². The largest absolute Gasteiger partial charge is 0.486 e. The van der Waals surface area contributed by atoms with E-state index in [0.29, 0.717) is 17.9 Å². The zero-order valence-electron chi connectivity index (χ0n) is 11.5. The van der Waals surface area contributed by atoms with Crippen molar-refractivity contribution >= 4 is 38.8 Å². The molecule has 0 saturated heterocycles. The van der Waals surface area contributed by atoms with E-state index in [1.807, 2.05) is 32.9 Å². The van der Waals surface area contributed by atoms with Crippen LogP contribution in [-0.4, -0.2) is 28.4 Å². The Hall–Kier alpha value is -0.563. The van der Waals surface area contributed by atoms with Gasteiger partial charge in [0, 0.05) is 10.2 Å². The zero-order chi connectivity index (χ0) is 14.5. The topological polar surface area (TPSA) is 35.5 Å². The minimum Gasteiger partial charge on any atom is -0.486 e. The van der Waals surface area contributed by atoms with E-state index in [0.717, 1.165) is 16.0 Å². The van der Waals surface area contributed by atoms with E-state index < -0.39 is 0 Å². The normalized spacial score (nSPS) is 11.2. The molecule has 0 fully saturated rings. The highest BCUT2D eigenvalue weighted by molar-refractivity contribution is 14.1. The lowest BCUT2D eigenvalue weighted by Gasteiger charge is -2.23. The lowest BCUT2D eigenvalue weighted by molar-refractivity contribution is 0.0491. The van der Waals surface area contributed by atoms with Crippen LogP contribution in [0.4, 0.5) is 0 Å². The van der Waals surface area contributed by atoms with Crippen molar-refractivity contribution in [3.63, 3.8) is 0 Å². The second-order valence-corrected chi connectivity index (χ2v) is 6.73. The summed E-state index contributed by atoms with van der Waals surface area (Å²) in [5, 5.41) is 0. The van der Waals surface area contributed by atoms with Gasteiger partial charge in [-0.1, -0.05) is 12.1 Å². The number of carbonyl (C=O) groups is 1. The molecule has 0 spiro atoms. The first-order chi connectivity index (χ1) is 8.85. The van der Waals surface area contributed by atoms with Gasteiger partial charge in [0.1, 0.15) is 16.9 Å². The number of halogens is 1. The smallest absolute Gasteiger partial charge is 0.341 e. The number of rotatable bonds is 5. The van der Waals surface area contributed by atoms with Crippen LogP contribution in [0.3, 0.4) is 0 Å². The monoisotopic (exact) mass is 389 g/mol. The molecule has 1 aromatic carbocycles. The summed E-state index contributed by atoms with van der Waals surface area (Å²) in [6.07, 6.45) is 0.794. The molecule has 0 unspecified atom stereocenters. The van der Waals surface area contributed by atoms with Crippen LogP contribution in [0.1, 0.15) is 37.6 Å². The van der Waals surface area contributed by atoms with Crippen LogP contribution in [-0.2, 0) is 4.74 Å². The molecule has 1 rings (SSSR count). The van der Waals surface area contributed by atoms with Crippen molar-refractivity contribution in [1.82, 2.24) is 0 Å². The summed E-state index contributed by atoms with van der Waals surface area (Å²) in [5.74, 6) is 0.261. The van der Waals surface area contributed by atoms with E-state index in [1.165, 1.54) is 0 Å². The fourth-order valence-corrected chi connectivity index (χ4v) is 2.15. The van der Waals surface area contributed by atoms with Crippen molar-refractivity contribution in [3.05, 3.63) is 27.3 Å². The van der Waals surface area contributed by atoms with Crippen LogP contribution in [0.15, 0.2) is 18.2 Å². The highest BCUT2D eigenvalue weighted by Crippen LogP contribution is 2.29. The molecule has 103 valence electrons. The fraction of sp³-hybridized carbons (Fsp3) is 0.500. The summed E-state index contributed by atoms with van der Waals surface area (Å²) in [5.41, 5.74) is 0.127. The highest BCUT2D eigenvalue weighted by atomic mass is 127. The first-order valence-electron chi connectivity index (χ1n) is 6.14. The number of hydrogen-bond acceptors (Lipinski definition) is 3. The maximum atomic E-state index is 12.1. The Balaban J connectivity index is 2.93. The van der Waals surface area contributed by atoms with Gasteiger partial charge >= 0.3 is 5.97 Å². The summed E-state index contributed by atoms with van der Waals surface area (Å²) >= 11 is 2.16. The third kappa shape index (κ3) is 5.52. The fourth-order valence-electron chi connectivity index (χ4n) is 1.39. The second kappa shape index (κ2) is 7.28. The predicted octanol–water partition coefficient (Wildman–Crippen LogP) is 3.60. The maximum Gasteiger partial charge on any atom is 0.341 e. The lowest BCUT2D eigenvalue weighted by atomic mass is 10.1. The quantitative estimate of drug-likeness (QED) is 0.334. The Kier molecular flexibility index (Phi) is 6.32. The Morgan fingerprint density at radius 1 is 1.37 bits per heavy atom. The molecule has 0 N–H and O–H groups in total. The third-order valence-corrected chi connectivity index (χ3v) is 3.35. The van der Waals surface area contributed by atoms with Gasteiger partial charge < -0.3 is 9.47 Å². The molecule has 0 amide bonds. The van der Waals surface area contributed by atoms with Crippen molar-refractivity contribution in [2.45, 2.75) is 38.8 Å². The number of esters is 1. The lowest BCUT2D eigenvalue weighted by Crippen LogP contribution is -2.25. The molecule has 5 heteroatoms. The van der Waals surface area contributed by atoms with Crippen LogP contribution < -0.4 is 4.74 Å². The van der Waals surface area contributed by atoms with Crippen molar-refractivity contribution in [3.8, 4) is 5.75 Å². The van der Waals surface area contributed by atoms with Crippen LogP contribution >= 0.6 is 22.6 Å². The Bertz CT molecular complexity index is 441. The molecule has 0 heterocycles. The first kappa shape index (κ1) is 16.5. The van der Waals surface area contributed by atoms with Gasteiger partial charge in [-0.15, -0.1) is 0 Å². The number of hydrogen-bond donors (Lipinski definition) is 0. The molecule has 3 nitrogen and oxygen atoms in total. The molecule has 0 aliphatic rings. The Morgan fingerprint density at radius 2 is 2.05 bits per heavy atom. The van der Waals surface area contributed by atoms with Crippen molar-refractivity contribution in [2.24, 2.45) is 0 Å². The molecule has 0 aliphatic heterocycles. The predicted molar refractivity (Wildman–Crippen MR) is 85.0 cm³/mol. The summed E-state index contributed by atoms with van der Waals surface area (Å²) in [6, 6.07) is 6.29. The number of carbonyl (C=O) groups excluding carboxylic acids is 1. The Morgan fingerprint density at radius 3 is 2.63 bits per heavy atom. The van der Waals surface area contributed by atoms with Crippen LogP contribution in [0.25, 0.3) is 0 Å². The third-order valence-electron chi connectivity index (χ3n) is 2.15. The van der Waals surface area contributed by atoms with E-state index in [2.05, 4.69) is 32.8 Å². The number of ether oxygens (including phenoxy) is 2. The van der Waals surface area contributed by atoms with E-state index in [9.17, 15) is 4.79 Å². The van der Waals surface area contributed by atoms with Gasteiger partial charge in [0.05, 0.1) is 10.2 Å². The summed E-state index contributed by atoms with van der Waals surface area (Å²) < 4.78 is 12.0. The summed E-state index contributed by atoms with van der Waals surface area (Å²) in [6.45, 7) is 6.27. The SMILES string of the molecule is CC(C)(C)Oc1c(I)cccc1C(=O)OCCC[Si]. The molecule has 1 aromatic rings. The van der Waals surface area contributed by atoms with Gasteiger partial charge in [-0.3, -0.25) is 0 Å². The zero-order valence-corrected chi connectivity index (χ0v) is 14.6. The van der Waals surface area contributed by atoms with E-state index >= 15 is 0 Å². The number of benzene rings is 1. The highest BCUT2D eigenvalue weighted by Gasteiger charge is 2.21. The van der Waals surface area contributed by atoms with Gasteiger partial charge in [0.25, 0.3) is 0 Å². The van der Waals surface area contributed by atoms with Crippen LogP contribution in [0, 0.1) is 3.57 Å². The van der Waals surface area contributed by atoms with Gasteiger partial charge in [0.2, 0.25) is 0 Å². The molecular formula is C14H18IO3Si. The average Bonchev–Trinajstić information content (AvgIpc) is 2.30. The molecule has 19 heavy (non-hydrogen) atoms. The average molecular weight is 389 g/mol. The van der Waals surface area contributed by atoms with Gasteiger partial charge in [-0.05, 0) is 61.9 Å². The molecule has 0 aromatic heterocycles. The Labute approximate surface area is 131 Å². The second-order valence-electron chi connectivity index (χ2n) is 5.07. The summed E-state index contributed by atoms with van der Waals surface area (Å²) in [7, 11) is 3.35. The minimum atomic E-state index is -0.355. The molecule has 0 bridgehead atoms. The van der Waals surface area contributed by atoms with Crippen molar-refractivity contribution < 1.29 is 14.3 Å².